The normalized spacial score (nSPS) is 23.8. The van der Waals surface area contributed by atoms with E-state index in [0.29, 0.717) is 55.8 Å². The van der Waals surface area contributed by atoms with Gasteiger partial charge in [0.1, 0.15) is 29.5 Å². The third-order valence-electron chi connectivity index (χ3n) is 8.63. The number of hydrogen-bond donors (Lipinski definition) is 1. The van der Waals surface area contributed by atoms with Crippen LogP contribution in [-0.4, -0.2) is 49.2 Å². The Morgan fingerprint density at radius 3 is 2.32 bits per heavy atom. The summed E-state index contributed by atoms with van der Waals surface area (Å²) in [7, 11) is -3.24. The predicted octanol–water partition coefficient (Wildman–Crippen LogP) is 5.78. The Kier molecular flexibility index (Phi) is 7.06. The molecule has 41 heavy (non-hydrogen) atoms. The fourth-order valence-corrected chi connectivity index (χ4v) is 7.40. The standard InChI is InChI=1S/C32H34FNO6S/c1-18-14-23(39-22-12-13-34(17-22)41(3,37)38)15-19(2)30(18)24-8-10-28(33)31-25(24)9-11-29(31)40-21-6-4-20(5-7-21)26-16-27(26)32(35)36/h4-8,10,14-15,22,26-27,29H,9,11-13,16-17H2,1-3H3,(H,35,36)/t22-,26-,27+,29-/m1/s1. The highest BCUT2D eigenvalue weighted by Crippen LogP contribution is 2.48. The maximum atomic E-state index is 15.2. The number of benzene rings is 3. The molecule has 9 heteroatoms. The van der Waals surface area contributed by atoms with Crippen molar-refractivity contribution in [2.75, 3.05) is 19.3 Å². The molecule has 0 aromatic heterocycles. The van der Waals surface area contributed by atoms with Gasteiger partial charge >= 0.3 is 5.97 Å². The van der Waals surface area contributed by atoms with Crippen molar-refractivity contribution in [3.05, 3.63) is 82.2 Å². The summed E-state index contributed by atoms with van der Waals surface area (Å²) in [6.45, 7) is 4.83. The van der Waals surface area contributed by atoms with Gasteiger partial charge in [-0.1, -0.05) is 18.2 Å². The lowest BCUT2D eigenvalue weighted by molar-refractivity contribution is -0.138. The van der Waals surface area contributed by atoms with Crippen molar-refractivity contribution >= 4 is 16.0 Å². The largest absolute Gasteiger partial charge is 0.489 e. The molecule has 1 saturated heterocycles. The maximum absolute atomic E-state index is 15.2. The van der Waals surface area contributed by atoms with Crippen LogP contribution in [-0.2, 0) is 21.2 Å². The Morgan fingerprint density at radius 1 is 1.00 bits per heavy atom. The van der Waals surface area contributed by atoms with Gasteiger partial charge < -0.3 is 14.6 Å². The lowest BCUT2D eigenvalue weighted by Gasteiger charge is -2.20. The summed E-state index contributed by atoms with van der Waals surface area (Å²) in [5.41, 5.74) is 6.57. The smallest absolute Gasteiger partial charge is 0.307 e. The average molecular weight is 580 g/mol. The van der Waals surface area contributed by atoms with Crippen molar-refractivity contribution < 1.29 is 32.2 Å². The van der Waals surface area contributed by atoms with E-state index in [4.69, 9.17) is 9.47 Å². The van der Waals surface area contributed by atoms with Crippen molar-refractivity contribution in [2.24, 2.45) is 5.92 Å². The molecule has 1 aliphatic heterocycles. The van der Waals surface area contributed by atoms with Crippen LogP contribution < -0.4 is 9.47 Å². The Labute approximate surface area is 240 Å². The number of carbonyl (C=O) groups is 1. The van der Waals surface area contributed by atoms with Gasteiger partial charge in [-0.05, 0) is 109 Å². The molecule has 0 spiro atoms. The molecular formula is C32H34FNO6S. The molecule has 0 radical (unpaired) electrons. The number of carboxylic acid groups (broad SMARTS) is 1. The third kappa shape index (κ3) is 5.45. The van der Waals surface area contributed by atoms with E-state index < -0.39 is 22.1 Å². The van der Waals surface area contributed by atoms with Crippen molar-refractivity contribution in [3.63, 3.8) is 0 Å². The lowest BCUT2D eigenvalue weighted by atomic mass is 9.90. The monoisotopic (exact) mass is 579 g/mol. The Bertz CT molecular complexity index is 1600. The van der Waals surface area contributed by atoms with Crippen molar-refractivity contribution in [3.8, 4) is 22.6 Å². The molecule has 3 aromatic rings. The number of halogens is 1. The second kappa shape index (κ2) is 10.4. The summed E-state index contributed by atoms with van der Waals surface area (Å²) in [6.07, 6.45) is 3.27. The number of rotatable bonds is 8. The zero-order chi connectivity index (χ0) is 29.1. The first-order valence-electron chi connectivity index (χ1n) is 14.0. The molecule has 6 rings (SSSR count). The van der Waals surface area contributed by atoms with Gasteiger partial charge in [0.15, 0.2) is 0 Å². The molecule has 0 bridgehead atoms. The first-order chi connectivity index (χ1) is 19.5. The molecule has 1 saturated carbocycles. The van der Waals surface area contributed by atoms with Crippen LogP contribution >= 0.6 is 0 Å². The zero-order valence-corrected chi connectivity index (χ0v) is 24.2. The minimum Gasteiger partial charge on any atom is -0.489 e. The average Bonchev–Trinajstić information content (AvgIpc) is 3.38. The van der Waals surface area contributed by atoms with E-state index >= 15 is 4.39 Å². The summed E-state index contributed by atoms with van der Waals surface area (Å²) in [5.74, 6) is 0.0463. The summed E-state index contributed by atoms with van der Waals surface area (Å²) in [4.78, 5) is 11.2. The van der Waals surface area contributed by atoms with Crippen molar-refractivity contribution in [2.45, 2.75) is 57.7 Å². The third-order valence-corrected chi connectivity index (χ3v) is 9.90. The molecule has 7 nitrogen and oxygen atoms in total. The highest BCUT2D eigenvalue weighted by molar-refractivity contribution is 7.88. The second-order valence-electron chi connectivity index (χ2n) is 11.6. The number of hydrogen-bond acceptors (Lipinski definition) is 5. The lowest BCUT2D eigenvalue weighted by Crippen LogP contribution is -2.29. The molecule has 4 atom stereocenters. The number of aryl methyl sites for hydroxylation is 2. The molecule has 0 amide bonds. The van der Waals surface area contributed by atoms with Crippen molar-refractivity contribution in [1.82, 2.24) is 4.31 Å². The minimum absolute atomic E-state index is 0.0531. The van der Waals surface area contributed by atoms with Gasteiger partial charge in [0.2, 0.25) is 10.0 Å². The van der Waals surface area contributed by atoms with E-state index in [1.54, 1.807) is 0 Å². The van der Waals surface area contributed by atoms with Crippen molar-refractivity contribution in [1.29, 1.82) is 0 Å². The zero-order valence-electron chi connectivity index (χ0n) is 23.4. The van der Waals surface area contributed by atoms with Crippen LogP contribution in [0.5, 0.6) is 11.5 Å². The van der Waals surface area contributed by atoms with Gasteiger partial charge in [-0.15, -0.1) is 0 Å². The highest BCUT2D eigenvalue weighted by atomic mass is 32.2. The predicted molar refractivity (Wildman–Crippen MR) is 153 cm³/mol. The summed E-state index contributed by atoms with van der Waals surface area (Å²) < 4.78 is 52.9. The number of fused-ring (bicyclic) bond motifs is 1. The number of aliphatic carboxylic acids is 1. The molecule has 3 aliphatic rings. The van der Waals surface area contributed by atoms with E-state index in [1.165, 1.54) is 16.6 Å². The molecule has 216 valence electrons. The molecule has 3 aromatic carbocycles. The van der Waals surface area contributed by atoms with Crippen LogP contribution in [0.2, 0.25) is 0 Å². The van der Waals surface area contributed by atoms with E-state index in [2.05, 4.69) is 0 Å². The minimum atomic E-state index is -3.24. The fraction of sp³-hybridized carbons (Fsp3) is 0.406. The van der Waals surface area contributed by atoms with E-state index in [-0.39, 0.29) is 23.8 Å². The number of sulfonamides is 1. The van der Waals surface area contributed by atoms with Crippen LogP contribution in [0.25, 0.3) is 11.1 Å². The maximum Gasteiger partial charge on any atom is 0.307 e. The summed E-state index contributed by atoms with van der Waals surface area (Å²) in [6, 6.07) is 14.8. The summed E-state index contributed by atoms with van der Waals surface area (Å²) >= 11 is 0. The molecule has 2 fully saturated rings. The van der Waals surface area contributed by atoms with Crippen LogP contribution in [0.1, 0.15) is 59.1 Å². The number of nitrogens with zero attached hydrogens (tertiary/aromatic N) is 1. The molecule has 2 aliphatic carbocycles. The van der Waals surface area contributed by atoms with Gasteiger partial charge in [0.25, 0.3) is 0 Å². The number of carboxylic acids is 1. The SMILES string of the molecule is Cc1cc(O[C@@H]2CCN(S(C)(=O)=O)C2)cc(C)c1-c1ccc(F)c2c1CC[C@H]2Oc1ccc([C@H]2C[C@@H]2C(=O)O)cc1. The van der Waals surface area contributed by atoms with E-state index in [0.717, 1.165) is 33.4 Å². The second-order valence-corrected chi connectivity index (χ2v) is 13.6. The van der Waals surface area contributed by atoms with Gasteiger partial charge in [0, 0.05) is 12.1 Å². The first kappa shape index (κ1) is 27.7. The quantitative estimate of drug-likeness (QED) is 0.364. The number of ether oxygens (including phenoxy) is 2. The van der Waals surface area contributed by atoms with Crippen LogP contribution in [0, 0.1) is 25.6 Å². The Morgan fingerprint density at radius 2 is 1.71 bits per heavy atom. The molecular weight excluding hydrogens is 545 g/mol. The van der Waals surface area contributed by atoms with Crippen LogP contribution in [0.15, 0.2) is 48.5 Å². The van der Waals surface area contributed by atoms with Crippen LogP contribution in [0.3, 0.4) is 0 Å². The molecule has 1 N–H and O–H groups in total. The van der Waals surface area contributed by atoms with Gasteiger partial charge in [-0.25, -0.2) is 12.8 Å². The van der Waals surface area contributed by atoms with Gasteiger partial charge in [-0.2, -0.15) is 4.31 Å². The fourth-order valence-electron chi connectivity index (χ4n) is 6.52. The highest BCUT2D eigenvalue weighted by Gasteiger charge is 2.44. The summed E-state index contributed by atoms with van der Waals surface area (Å²) in [5, 5.41) is 9.20. The van der Waals surface area contributed by atoms with Gasteiger partial charge in [-0.3, -0.25) is 4.79 Å². The molecule has 1 heterocycles. The Hall–Kier alpha value is -3.43. The van der Waals surface area contributed by atoms with E-state index in [1.807, 2.05) is 56.3 Å². The first-order valence-corrected chi connectivity index (χ1v) is 15.9. The molecule has 0 unspecified atom stereocenters. The Balaban J connectivity index is 1.21. The van der Waals surface area contributed by atoms with Crippen LogP contribution in [0.4, 0.5) is 4.39 Å². The van der Waals surface area contributed by atoms with Gasteiger partial charge in [0.05, 0.1) is 18.7 Å². The van der Waals surface area contributed by atoms with E-state index in [9.17, 15) is 18.3 Å². The topological polar surface area (TPSA) is 93.1 Å².